The van der Waals surface area contributed by atoms with E-state index in [2.05, 4.69) is 10.4 Å². The number of nitrogens with one attached hydrogen (secondary N) is 1. The number of amides is 1. The molecule has 3 aromatic rings. The predicted octanol–water partition coefficient (Wildman–Crippen LogP) is 3.56. The highest BCUT2D eigenvalue weighted by Crippen LogP contribution is 2.33. The number of rotatable bonds is 4. The summed E-state index contributed by atoms with van der Waals surface area (Å²) < 4.78 is 40.6. The SMILES string of the molecule is N#Cc1ccc(C(=O)NCc2ccn(-c3ccc(C#N)c(C(F)(F)F)c3)n2)cc1. The van der Waals surface area contributed by atoms with Crippen LogP contribution in [0, 0.1) is 22.7 Å². The topological polar surface area (TPSA) is 94.5 Å². The van der Waals surface area contributed by atoms with Crippen molar-refractivity contribution in [3.8, 4) is 17.8 Å². The fourth-order valence-electron chi connectivity index (χ4n) is 2.58. The number of alkyl halides is 3. The van der Waals surface area contributed by atoms with Crippen LogP contribution in [0.25, 0.3) is 5.69 Å². The van der Waals surface area contributed by atoms with Crippen LogP contribution in [0.3, 0.4) is 0 Å². The molecule has 1 aromatic heterocycles. The van der Waals surface area contributed by atoms with E-state index in [1.165, 1.54) is 47.3 Å². The number of hydrogen-bond donors (Lipinski definition) is 1. The van der Waals surface area contributed by atoms with Crippen molar-refractivity contribution in [3.63, 3.8) is 0 Å². The lowest BCUT2D eigenvalue weighted by Crippen LogP contribution is -2.23. The number of carbonyl (C=O) groups is 1. The number of nitriles is 2. The third-order valence-corrected chi connectivity index (χ3v) is 4.04. The van der Waals surface area contributed by atoms with Gasteiger partial charge < -0.3 is 5.32 Å². The van der Waals surface area contributed by atoms with Gasteiger partial charge in [0.15, 0.2) is 0 Å². The van der Waals surface area contributed by atoms with Crippen molar-refractivity contribution in [1.82, 2.24) is 15.1 Å². The second-order valence-corrected chi connectivity index (χ2v) is 5.96. The third kappa shape index (κ3) is 4.42. The quantitative estimate of drug-likeness (QED) is 0.731. The summed E-state index contributed by atoms with van der Waals surface area (Å²) >= 11 is 0. The van der Waals surface area contributed by atoms with Gasteiger partial charge in [0, 0.05) is 11.8 Å². The molecule has 0 saturated heterocycles. The molecule has 1 amide bonds. The average molecular weight is 395 g/mol. The first kappa shape index (κ1) is 19.6. The maximum atomic E-state index is 13.1. The van der Waals surface area contributed by atoms with Gasteiger partial charge in [-0.25, -0.2) is 4.68 Å². The maximum Gasteiger partial charge on any atom is 0.417 e. The van der Waals surface area contributed by atoms with Crippen molar-refractivity contribution >= 4 is 5.91 Å². The molecule has 0 bridgehead atoms. The summed E-state index contributed by atoms with van der Waals surface area (Å²) in [6.07, 6.45) is -3.20. The van der Waals surface area contributed by atoms with Crippen LogP contribution < -0.4 is 5.32 Å². The molecule has 0 aliphatic carbocycles. The van der Waals surface area contributed by atoms with E-state index in [4.69, 9.17) is 10.5 Å². The molecule has 2 aromatic carbocycles. The molecule has 3 rings (SSSR count). The number of nitrogens with zero attached hydrogens (tertiary/aromatic N) is 4. The van der Waals surface area contributed by atoms with E-state index in [1.54, 1.807) is 6.07 Å². The number of hydrogen-bond acceptors (Lipinski definition) is 4. The lowest BCUT2D eigenvalue weighted by atomic mass is 10.1. The van der Waals surface area contributed by atoms with Crippen molar-refractivity contribution in [2.24, 2.45) is 0 Å². The van der Waals surface area contributed by atoms with Crippen molar-refractivity contribution < 1.29 is 18.0 Å². The maximum absolute atomic E-state index is 13.1. The van der Waals surface area contributed by atoms with E-state index < -0.39 is 17.3 Å². The Morgan fingerprint density at radius 1 is 1.07 bits per heavy atom. The minimum absolute atomic E-state index is 0.0637. The molecule has 29 heavy (non-hydrogen) atoms. The number of carbonyl (C=O) groups excluding carboxylic acids is 1. The molecule has 0 radical (unpaired) electrons. The molecule has 0 atom stereocenters. The molecule has 0 saturated carbocycles. The zero-order valence-corrected chi connectivity index (χ0v) is 14.7. The monoisotopic (exact) mass is 395 g/mol. The Labute approximate surface area is 163 Å². The smallest absolute Gasteiger partial charge is 0.346 e. The van der Waals surface area contributed by atoms with Gasteiger partial charge in [0.25, 0.3) is 5.91 Å². The van der Waals surface area contributed by atoms with Gasteiger partial charge in [-0.3, -0.25) is 4.79 Å². The Balaban J connectivity index is 1.73. The summed E-state index contributed by atoms with van der Waals surface area (Å²) in [6, 6.07) is 14.4. The minimum Gasteiger partial charge on any atom is -0.346 e. The fraction of sp³-hybridized carbons (Fsp3) is 0.100. The molecular weight excluding hydrogens is 383 g/mol. The van der Waals surface area contributed by atoms with Crippen molar-refractivity contribution in [2.75, 3.05) is 0 Å². The second-order valence-electron chi connectivity index (χ2n) is 5.96. The zero-order valence-electron chi connectivity index (χ0n) is 14.7. The summed E-state index contributed by atoms with van der Waals surface area (Å²) in [5, 5.41) is 24.4. The van der Waals surface area contributed by atoms with Crippen LogP contribution in [0.15, 0.2) is 54.7 Å². The number of halogens is 3. The van der Waals surface area contributed by atoms with Gasteiger partial charge >= 0.3 is 6.18 Å². The molecule has 1 N–H and O–H groups in total. The molecule has 0 aliphatic heterocycles. The standard InChI is InChI=1S/C20H12F3N5O/c21-20(22,23)18-9-17(6-5-15(18)11-25)28-8-7-16(27-28)12-26-19(29)14-3-1-13(10-24)2-4-14/h1-9H,12H2,(H,26,29). The van der Waals surface area contributed by atoms with Crippen LogP contribution in [0.4, 0.5) is 13.2 Å². The van der Waals surface area contributed by atoms with Crippen molar-refractivity contribution in [1.29, 1.82) is 10.5 Å². The van der Waals surface area contributed by atoms with Gasteiger partial charge in [-0.05, 0) is 48.5 Å². The highest BCUT2D eigenvalue weighted by molar-refractivity contribution is 5.94. The summed E-state index contributed by atoms with van der Waals surface area (Å²) in [6.45, 7) is 0.0637. The first-order chi connectivity index (χ1) is 13.8. The molecule has 9 heteroatoms. The molecule has 0 aliphatic rings. The van der Waals surface area contributed by atoms with Crippen LogP contribution in [-0.4, -0.2) is 15.7 Å². The van der Waals surface area contributed by atoms with Gasteiger partial charge in [0.1, 0.15) is 0 Å². The van der Waals surface area contributed by atoms with Crippen LogP contribution in [0.5, 0.6) is 0 Å². The van der Waals surface area contributed by atoms with Crippen LogP contribution >= 0.6 is 0 Å². The Morgan fingerprint density at radius 2 is 1.79 bits per heavy atom. The van der Waals surface area contributed by atoms with E-state index in [0.717, 1.165) is 12.1 Å². The Kier molecular flexibility index (Phi) is 5.33. The largest absolute Gasteiger partial charge is 0.417 e. The second kappa shape index (κ2) is 7.87. The lowest BCUT2D eigenvalue weighted by molar-refractivity contribution is -0.137. The molecule has 144 valence electrons. The van der Waals surface area contributed by atoms with E-state index in [9.17, 15) is 18.0 Å². The summed E-state index contributed by atoms with van der Waals surface area (Å²) in [5.74, 6) is -0.373. The van der Waals surface area contributed by atoms with Crippen molar-refractivity contribution in [2.45, 2.75) is 12.7 Å². The van der Waals surface area contributed by atoms with Crippen molar-refractivity contribution in [3.05, 3.63) is 82.7 Å². The van der Waals surface area contributed by atoms with E-state index in [1.807, 2.05) is 6.07 Å². The summed E-state index contributed by atoms with van der Waals surface area (Å²) in [4.78, 5) is 12.1. The minimum atomic E-state index is -4.66. The van der Waals surface area contributed by atoms with Gasteiger partial charge in [-0.2, -0.15) is 28.8 Å². The van der Waals surface area contributed by atoms with Gasteiger partial charge in [-0.1, -0.05) is 0 Å². The summed E-state index contributed by atoms with van der Waals surface area (Å²) in [7, 11) is 0. The van der Waals surface area contributed by atoms with E-state index >= 15 is 0 Å². The van der Waals surface area contributed by atoms with Gasteiger partial charge in [-0.15, -0.1) is 0 Å². The molecule has 6 nitrogen and oxygen atoms in total. The predicted molar refractivity (Wildman–Crippen MR) is 95.6 cm³/mol. The third-order valence-electron chi connectivity index (χ3n) is 4.04. The fourth-order valence-corrected chi connectivity index (χ4v) is 2.58. The highest BCUT2D eigenvalue weighted by atomic mass is 19.4. The van der Waals surface area contributed by atoms with E-state index in [0.29, 0.717) is 16.8 Å². The Hall–Kier alpha value is -4.11. The molecule has 0 spiro atoms. The van der Waals surface area contributed by atoms with Crippen LogP contribution in [0.2, 0.25) is 0 Å². The Bertz CT molecular complexity index is 1130. The van der Waals surface area contributed by atoms with Crippen LogP contribution in [0.1, 0.15) is 32.7 Å². The van der Waals surface area contributed by atoms with Gasteiger partial charge in [0.05, 0.1) is 46.8 Å². The zero-order chi connectivity index (χ0) is 21.0. The molecule has 1 heterocycles. The average Bonchev–Trinajstić information content (AvgIpc) is 3.20. The highest BCUT2D eigenvalue weighted by Gasteiger charge is 2.34. The number of benzene rings is 2. The first-order valence-corrected chi connectivity index (χ1v) is 8.26. The van der Waals surface area contributed by atoms with Crippen LogP contribution in [-0.2, 0) is 12.7 Å². The molecular formula is C20H12F3N5O. The van der Waals surface area contributed by atoms with E-state index in [-0.39, 0.29) is 18.1 Å². The summed E-state index contributed by atoms with van der Waals surface area (Å²) in [5.41, 5.74) is -0.135. The molecule has 0 unspecified atom stereocenters. The van der Waals surface area contributed by atoms with Gasteiger partial charge in [0.2, 0.25) is 0 Å². The normalized spacial score (nSPS) is 10.8. The number of aromatic nitrogens is 2. The lowest BCUT2D eigenvalue weighted by Gasteiger charge is -2.10. The first-order valence-electron chi connectivity index (χ1n) is 8.26. The Morgan fingerprint density at radius 3 is 2.41 bits per heavy atom. The molecule has 0 fully saturated rings.